The molecule has 7 nitrogen and oxygen atoms in total. The van der Waals surface area contributed by atoms with Gasteiger partial charge in [0, 0.05) is 38.1 Å². The lowest BCUT2D eigenvalue weighted by Crippen LogP contribution is -2.34. The Kier molecular flexibility index (Phi) is 3.49. The molecule has 0 radical (unpaired) electrons. The van der Waals surface area contributed by atoms with Gasteiger partial charge < -0.3 is 0 Å². The van der Waals surface area contributed by atoms with Crippen molar-refractivity contribution in [2.75, 3.05) is 6.54 Å². The molecule has 1 saturated heterocycles. The highest BCUT2D eigenvalue weighted by molar-refractivity contribution is 5.36. The van der Waals surface area contributed by atoms with Crippen LogP contribution in [-0.2, 0) is 13.6 Å². The SMILES string of the molecule is Cn1nccc1C1CCCCN1Cc1cc(=O)n2[nH]ccc2n1. The lowest BCUT2D eigenvalue weighted by atomic mass is 9.99. The van der Waals surface area contributed by atoms with Gasteiger partial charge in [-0.2, -0.15) is 5.10 Å². The van der Waals surface area contributed by atoms with Crippen LogP contribution in [0.15, 0.2) is 35.4 Å². The first-order valence-electron chi connectivity index (χ1n) is 8.00. The van der Waals surface area contributed by atoms with Gasteiger partial charge in [0.05, 0.1) is 17.4 Å². The van der Waals surface area contributed by atoms with Crippen molar-refractivity contribution in [2.45, 2.75) is 31.8 Å². The minimum absolute atomic E-state index is 0.0657. The summed E-state index contributed by atoms with van der Waals surface area (Å²) in [5.41, 5.74) is 2.65. The Labute approximate surface area is 133 Å². The van der Waals surface area contributed by atoms with Gasteiger partial charge in [-0.1, -0.05) is 6.42 Å². The zero-order valence-corrected chi connectivity index (χ0v) is 13.1. The number of piperidine rings is 1. The molecule has 0 spiro atoms. The highest BCUT2D eigenvalue weighted by Crippen LogP contribution is 2.31. The minimum Gasteiger partial charge on any atom is -0.297 e. The fraction of sp³-hybridized carbons (Fsp3) is 0.438. The van der Waals surface area contributed by atoms with E-state index in [2.05, 4.69) is 26.1 Å². The smallest absolute Gasteiger partial charge is 0.272 e. The largest absolute Gasteiger partial charge is 0.297 e. The van der Waals surface area contributed by atoms with Gasteiger partial charge >= 0.3 is 0 Å². The molecule has 0 saturated carbocycles. The summed E-state index contributed by atoms with van der Waals surface area (Å²) in [6.45, 7) is 1.71. The number of aryl methyl sites for hydroxylation is 1. The van der Waals surface area contributed by atoms with Gasteiger partial charge in [-0.15, -0.1) is 0 Å². The summed E-state index contributed by atoms with van der Waals surface area (Å²) in [4.78, 5) is 19.1. The fourth-order valence-corrected chi connectivity index (χ4v) is 3.49. The number of hydrogen-bond acceptors (Lipinski definition) is 4. The molecule has 120 valence electrons. The number of aromatic nitrogens is 5. The van der Waals surface area contributed by atoms with E-state index in [9.17, 15) is 4.79 Å². The topological polar surface area (TPSA) is 71.2 Å². The van der Waals surface area contributed by atoms with E-state index in [4.69, 9.17) is 0 Å². The predicted molar refractivity (Wildman–Crippen MR) is 86.0 cm³/mol. The van der Waals surface area contributed by atoms with E-state index in [-0.39, 0.29) is 5.56 Å². The van der Waals surface area contributed by atoms with Gasteiger partial charge in [0.1, 0.15) is 0 Å². The van der Waals surface area contributed by atoms with E-state index < -0.39 is 0 Å². The molecule has 1 unspecified atom stereocenters. The second-order valence-electron chi connectivity index (χ2n) is 6.10. The van der Waals surface area contributed by atoms with E-state index in [0.29, 0.717) is 18.2 Å². The number of rotatable bonds is 3. The van der Waals surface area contributed by atoms with E-state index in [1.807, 2.05) is 24.0 Å². The molecule has 0 bridgehead atoms. The second-order valence-corrected chi connectivity index (χ2v) is 6.10. The standard InChI is InChI=1S/C16H20N6O/c1-20-13(5-7-17-20)14-4-2-3-9-21(14)11-12-10-16(23)22-15(19-12)6-8-18-22/h5-8,10,14,18H,2-4,9,11H2,1H3. The third-order valence-corrected chi connectivity index (χ3v) is 4.61. The molecular formula is C16H20N6O. The molecule has 7 heteroatoms. The first-order valence-corrected chi connectivity index (χ1v) is 8.00. The number of nitrogens with zero attached hydrogens (tertiary/aromatic N) is 5. The molecule has 1 fully saturated rings. The van der Waals surface area contributed by atoms with Crippen molar-refractivity contribution in [3.05, 3.63) is 52.3 Å². The maximum absolute atomic E-state index is 12.1. The molecule has 3 aromatic heterocycles. The summed E-state index contributed by atoms with van der Waals surface area (Å²) in [7, 11) is 1.98. The quantitative estimate of drug-likeness (QED) is 0.795. The number of fused-ring (bicyclic) bond motifs is 1. The van der Waals surface area contributed by atoms with E-state index >= 15 is 0 Å². The first-order chi connectivity index (χ1) is 11.2. The van der Waals surface area contributed by atoms with Crippen LogP contribution >= 0.6 is 0 Å². The van der Waals surface area contributed by atoms with Crippen LogP contribution in [0.3, 0.4) is 0 Å². The van der Waals surface area contributed by atoms with Gasteiger partial charge in [0.15, 0.2) is 5.65 Å². The number of H-pyrrole nitrogens is 1. The minimum atomic E-state index is -0.0657. The van der Waals surface area contributed by atoms with Crippen molar-refractivity contribution in [1.82, 2.24) is 29.3 Å². The van der Waals surface area contributed by atoms with Crippen molar-refractivity contribution in [3.8, 4) is 0 Å². The third-order valence-electron chi connectivity index (χ3n) is 4.61. The highest BCUT2D eigenvalue weighted by atomic mass is 16.1. The van der Waals surface area contributed by atoms with Crippen LogP contribution in [-0.4, -0.2) is 35.8 Å². The Bertz CT molecular complexity index is 876. The van der Waals surface area contributed by atoms with Crippen LogP contribution in [0, 0.1) is 0 Å². The number of nitrogens with one attached hydrogen (secondary N) is 1. The molecule has 1 atom stereocenters. The zero-order valence-electron chi connectivity index (χ0n) is 13.1. The Morgan fingerprint density at radius 1 is 1.35 bits per heavy atom. The zero-order chi connectivity index (χ0) is 15.8. The second kappa shape index (κ2) is 5.66. The third kappa shape index (κ3) is 2.57. The number of likely N-dealkylation sites (tertiary alicyclic amines) is 1. The molecule has 23 heavy (non-hydrogen) atoms. The van der Waals surface area contributed by atoms with Crippen molar-refractivity contribution in [1.29, 1.82) is 0 Å². The molecule has 4 heterocycles. The van der Waals surface area contributed by atoms with Crippen molar-refractivity contribution >= 4 is 5.65 Å². The van der Waals surface area contributed by atoms with Crippen LogP contribution in [0.1, 0.15) is 36.7 Å². The monoisotopic (exact) mass is 312 g/mol. The van der Waals surface area contributed by atoms with Gasteiger partial charge in [-0.3, -0.25) is 19.5 Å². The van der Waals surface area contributed by atoms with Crippen LogP contribution in [0.25, 0.3) is 5.65 Å². The average molecular weight is 312 g/mol. The fourth-order valence-electron chi connectivity index (χ4n) is 3.49. The first kappa shape index (κ1) is 14.2. The van der Waals surface area contributed by atoms with E-state index in [1.54, 1.807) is 12.3 Å². The Morgan fingerprint density at radius 2 is 2.26 bits per heavy atom. The molecule has 1 N–H and O–H groups in total. The van der Waals surface area contributed by atoms with E-state index in [1.165, 1.54) is 23.1 Å². The molecule has 1 aliphatic heterocycles. The summed E-state index contributed by atoms with van der Waals surface area (Å²) in [6.07, 6.45) is 7.09. The van der Waals surface area contributed by atoms with Crippen LogP contribution in [0.2, 0.25) is 0 Å². The molecule has 4 rings (SSSR count). The number of aromatic amines is 1. The average Bonchev–Trinajstić information content (AvgIpc) is 3.17. The molecule has 0 aliphatic carbocycles. The van der Waals surface area contributed by atoms with Gasteiger partial charge in [-0.05, 0) is 25.5 Å². The lowest BCUT2D eigenvalue weighted by Gasteiger charge is -2.35. The van der Waals surface area contributed by atoms with Crippen LogP contribution < -0.4 is 5.56 Å². The van der Waals surface area contributed by atoms with Gasteiger partial charge in [0.2, 0.25) is 0 Å². The normalized spacial score (nSPS) is 19.4. The Balaban J connectivity index is 1.64. The maximum Gasteiger partial charge on any atom is 0.272 e. The molecule has 0 aromatic carbocycles. The van der Waals surface area contributed by atoms with Gasteiger partial charge in [-0.25, -0.2) is 9.50 Å². The van der Waals surface area contributed by atoms with Crippen molar-refractivity contribution in [2.24, 2.45) is 7.05 Å². The predicted octanol–water partition coefficient (Wildman–Crippen LogP) is 1.48. The summed E-state index contributed by atoms with van der Waals surface area (Å²) < 4.78 is 3.40. The molecule has 1 aliphatic rings. The molecule has 3 aromatic rings. The lowest BCUT2D eigenvalue weighted by molar-refractivity contribution is 0.132. The van der Waals surface area contributed by atoms with E-state index in [0.717, 1.165) is 18.7 Å². The van der Waals surface area contributed by atoms with Crippen LogP contribution in [0.4, 0.5) is 0 Å². The summed E-state index contributed by atoms with van der Waals surface area (Å²) in [5, 5.41) is 7.17. The maximum atomic E-state index is 12.1. The van der Waals surface area contributed by atoms with Crippen LogP contribution in [0.5, 0.6) is 0 Å². The number of hydrogen-bond donors (Lipinski definition) is 1. The van der Waals surface area contributed by atoms with Gasteiger partial charge in [0.25, 0.3) is 5.56 Å². The Morgan fingerprint density at radius 3 is 3.09 bits per heavy atom. The Hall–Kier alpha value is -2.41. The summed E-state index contributed by atoms with van der Waals surface area (Å²) >= 11 is 0. The summed E-state index contributed by atoms with van der Waals surface area (Å²) in [6, 6.07) is 5.86. The summed E-state index contributed by atoms with van der Waals surface area (Å²) in [5.74, 6) is 0. The van der Waals surface area contributed by atoms with Crippen molar-refractivity contribution in [3.63, 3.8) is 0 Å². The molecule has 0 amide bonds. The highest BCUT2D eigenvalue weighted by Gasteiger charge is 2.26. The molecular weight excluding hydrogens is 292 g/mol. The van der Waals surface area contributed by atoms with Crippen molar-refractivity contribution < 1.29 is 0 Å².